The summed E-state index contributed by atoms with van der Waals surface area (Å²) in [4.78, 5) is 36.7. The molecule has 1 amide bonds. The molecule has 0 spiro atoms. The normalized spacial score (nSPS) is 13.5. The van der Waals surface area contributed by atoms with Crippen molar-refractivity contribution in [3.63, 3.8) is 0 Å². The largest absolute Gasteiger partial charge is 0.294 e. The van der Waals surface area contributed by atoms with Gasteiger partial charge in [-0.3, -0.25) is 14.9 Å². The van der Waals surface area contributed by atoms with E-state index in [0.717, 1.165) is 23.6 Å². The van der Waals surface area contributed by atoms with Crippen LogP contribution in [0.2, 0.25) is 0 Å². The smallest absolute Gasteiger partial charge is 0.237 e. The quantitative estimate of drug-likeness (QED) is 0.868. The Hall–Kier alpha value is -2.28. The molecule has 2 heterocycles. The molecule has 3 rings (SSSR count). The first-order valence-corrected chi connectivity index (χ1v) is 8.36. The molecule has 1 aliphatic carbocycles. The summed E-state index contributed by atoms with van der Waals surface area (Å²) in [5, 5.41) is 3.48. The van der Waals surface area contributed by atoms with Crippen LogP contribution in [0.3, 0.4) is 0 Å². The number of carbonyl (C=O) groups excluding carboxylic acids is 2. The van der Waals surface area contributed by atoms with E-state index in [9.17, 15) is 9.59 Å². The zero-order chi connectivity index (χ0) is 16.2. The van der Waals surface area contributed by atoms with E-state index in [-0.39, 0.29) is 23.4 Å². The molecule has 0 aromatic carbocycles. The second-order valence-electron chi connectivity index (χ2n) is 5.24. The van der Waals surface area contributed by atoms with E-state index >= 15 is 0 Å². The van der Waals surface area contributed by atoms with E-state index in [0.29, 0.717) is 17.7 Å². The van der Waals surface area contributed by atoms with E-state index in [1.165, 1.54) is 11.8 Å². The van der Waals surface area contributed by atoms with Gasteiger partial charge in [-0.15, -0.1) is 0 Å². The number of aryl methyl sites for hydroxylation is 2. The van der Waals surface area contributed by atoms with E-state index in [2.05, 4.69) is 20.3 Å². The number of thioether (sulfide) groups is 1. The van der Waals surface area contributed by atoms with Crippen molar-refractivity contribution in [2.45, 2.75) is 31.2 Å². The minimum Gasteiger partial charge on any atom is -0.294 e. The third-order valence-electron chi connectivity index (χ3n) is 3.50. The lowest BCUT2D eigenvalue weighted by atomic mass is 9.94. The Balaban J connectivity index is 1.67. The lowest BCUT2D eigenvalue weighted by molar-refractivity contribution is -0.113. The number of hydrogen-bond donors (Lipinski definition) is 1. The van der Waals surface area contributed by atoms with Crippen molar-refractivity contribution in [1.29, 1.82) is 0 Å². The number of fused-ring (bicyclic) bond motifs is 1. The Bertz CT molecular complexity index is 749. The van der Waals surface area contributed by atoms with Gasteiger partial charge in [-0.1, -0.05) is 17.8 Å². The summed E-state index contributed by atoms with van der Waals surface area (Å²) in [6.45, 7) is 1.78. The number of aromatic nitrogens is 3. The van der Waals surface area contributed by atoms with Crippen molar-refractivity contribution in [3.8, 4) is 0 Å². The molecule has 2 aromatic rings. The third-order valence-corrected chi connectivity index (χ3v) is 4.45. The number of ketones is 1. The van der Waals surface area contributed by atoms with Crippen molar-refractivity contribution in [2.24, 2.45) is 0 Å². The first-order valence-electron chi connectivity index (χ1n) is 7.38. The second-order valence-corrected chi connectivity index (χ2v) is 6.23. The monoisotopic (exact) mass is 328 g/mol. The highest BCUT2D eigenvalue weighted by atomic mass is 32.2. The fourth-order valence-electron chi connectivity index (χ4n) is 2.51. The fraction of sp³-hybridized carbons (Fsp3) is 0.312. The molecule has 1 aliphatic rings. The number of nitrogens with one attached hydrogen (secondary N) is 1. The van der Waals surface area contributed by atoms with Crippen LogP contribution in [-0.2, 0) is 11.2 Å². The van der Waals surface area contributed by atoms with E-state index in [4.69, 9.17) is 0 Å². The highest BCUT2D eigenvalue weighted by Gasteiger charge is 2.22. The van der Waals surface area contributed by atoms with Gasteiger partial charge in [-0.25, -0.2) is 15.0 Å². The summed E-state index contributed by atoms with van der Waals surface area (Å²) in [5.41, 5.74) is 1.99. The number of amides is 1. The van der Waals surface area contributed by atoms with Gasteiger partial charge in [0.15, 0.2) is 5.78 Å². The summed E-state index contributed by atoms with van der Waals surface area (Å²) in [7, 11) is 0. The second kappa shape index (κ2) is 6.87. The molecule has 0 fully saturated rings. The van der Waals surface area contributed by atoms with Crippen LogP contribution in [0.1, 0.15) is 34.6 Å². The van der Waals surface area contributed by atoms with Crippen LogP contribution < -0.4 is 5.32 Å². The molecule has 0 saturated heterocycles. The Morgan fingerprint density at radius 3 is 2.96 bits per heavy atom. The predicted octanol–water partition coefficient (Wildman–Crippen LogP) is 2.43. The number of carbonyl (C=O) groups is 2. The third kappa shape index (κ3) is 3.73. The van der Waals surface area contributed by atoms with Crippen LogP contribution in [0.4, 0.5) is 5.95 Å². The molecule has 118 valence electrons. The highest BCUT2D eigenvalue weighted by molar-refractivity contribution is 7.99. The Kier molecular flexibility index (Phi) is 4.66. The topological polar surface area (TPSA) is 84.8 Å². The zero-order valence-corrected chi connectivity index (χ0v) is 13.5. The van der Waals surface area contributed by atoms with Crippen LogP contribution in [0, 0.1) is 6.92 Å². The number of pyridine rings is 1. The van der Waals surface area contributed by atoms with Crippen molar-refractivity contribution in [3.05, 3.63) is 41.3 Å². The van der Waals surface area contributed by atoms with Crippen molar-refractivity contribution in [1.82, 2.24) is 15.0 Å². The molecule has 6 nitrogen and oxygen atoms in total. The molecule has 2 aromatic heterocycles. The minimum atomic E-state index is -0.192. The predicted molar refractivity (Wildman–Crippen MR) is 87.6 cm³/mol. The van der Waals surface area contributed by atoms with Gasteiger partial charge in [0, 0.05) is 12.6 Å². The standard InChI is InChI=1S/C16H16N4O2S/c1-10-15-11(5-4-6-12(15)21)19-16(18-10)20-13(22)9-23-14-7-2-3-8-17-14/h2-3,7-8H,4-6,9H2,1H3,(H,18,19,20,22). The fourth-order valence-corrected chi connectivity index (χ4v) is 3.17. The number of Topliss-reactive ketones (excluding diaryl/α,β-unsaturated/α-hetero) is 1. The number of anilines is 1. The maximum absolute atomic E-state index is 12.0. The van der Waals surface area contributed by atoms with Gasteiger partial charge >= 0.3 is 0 Å². The van der Waals surface area contributed by atoms with Crippen LogP contribution in [0.15, 0.2) is 29.4 Å². The van der Waals surface area contributed by atoms with Crippen LogP contribution in [0.5, 0.6) is 0 Å². The van der Waals surface area contributed by atoms with Gasteiger partial charge in [-0.2, -0.15) is 0 Å². The molecule has 0 aliphatic heterocycles. The van der Waals surface area contributed by atoms with Gasteiger partial charge in [0.1, 0.15) is 0 Å². The lowest BCUT2D eigenvalue weighted by Crippen LogP contribution is -2.21. The average Bonchev–Trinajstić information content (AvgIpc) is 2.53. The van der Waals surface area contributed by atoms with Gasteiger partial charge < -0.3 is 0 Å². The van der Waals surface area contributed by atoms with Crippen molar-refractivity contribution in [2.75, 3.05) is 11.1 Å². The minimum absolute atomic E-state index is 0.0901. The van der Waals surface area contributed by atoms with Gasteiger partial charge in [0.2, 0.25) is 11.9 Å². The lowest BCUT2D eigenvalue weighted by Gasteiger charge is -2.16. The van der Waals surface area contributed by atoms with Gasteiger partial charge in [-0.05, 0) is 31.9 Å². The SMILES string of the molecule is Cc1nc(NC(=O)CSc2ccccn2)nc2c1C(=O)CCC2. The van der Waals surface area contributed by atoms with Crippen LogP contribution in [-0.4, -0.2) is 32.4 Å². The number of nitrogens with zero attached hydrogens (tertiary/aromatic N) is 3. The first kappa shape index (κ1) is 15.6. The zero-order valence-electron chi connectivity index (χ0n) is 12.7. The highest BCUT2D eigenvalue weighted by Crippen LogP contribution is 2.23. The molecule has 7 heteroatoms. The maximum Gasteiger partial charge on any atom is 0.237 e. The molecule has 23 heavy (non-hydrogen) atoms. The van der Waals surface area contributed by atoms with Gasteiger partial charge in [0.05, 0.1) is 27.7 Å². The molecule has 0 saturated carbocycles. The number of hydrogen-bond acceptors (Lipinski definition) is 6. The Morgan fingerprint density at radius 1 is 1.30 bits per heavy atom. The van der Waals surface area contributed by atoms with Crippen LogP contribution >= 0.6 is 11.8 Å². The Morgan fingerprint density at radius 2 is 2.17 bits per heavy atom. The summed E-state index contributed by atoms with van der Waals surface area (Å²) in [6, 6.07) is 5.55. The summed E-state index contributed by atoms with van der Waals surface area (Å²) in [6.07, 6.45) is 3.78. The summed E-state index contributed by atoms with van der Waals surface area (Å²) < 4.78 is 0. The van der Waals surface area contributed by atoms with E-state index < -0.39 is 0 Å². The molecule has 1 N–H and O–H groups in total. The first-order chi connectivity index (χ1) is 11.1. The van der Waals surface area contributed by atoms with Gasteiger partial charge in [0.25, 0.3) is 0 Å². The number of rotatable bonds is 4. The Labute approximate surface area is 138 Å². The van der Waals surface area contributed by atoms with Crippen LogP contribution in [0.25, 0.3) is 0 Å². The van der Waals surface area contributed by atoms with Crippen molar-refractivity contribution >= 4 is 29.4 Å². The summed E-state index contributed by atoms with van der Waals surface area (Å²) >= 11 is 1.35. The molecule has 0 bridgehead atoms. The maximum atomic E-state index is 12.0. The van der Waals surface area contributed by atoms with Crippen molar-refractivity contribution < 1.29 is 9.59 Å². The summed E-state index contributed by atoms with van der Waals surface area (Å²) in [5.74, 6) is 0.396. The molecular formula is C16H16N4O2S. The molecule has 0 atom stereocenters. The van der Waals surface area contributed by atoms with E-state index in [1.54, 1.807) is 13.1 Å². The molecule has 0 radical (unpaired) electrons. The average molecular weight is 328 g/mol. The van der Waals surface area contributed by atoms with E-state index in [1.807, 2.05) is 18.2 Å². The molecular weight excluding hydrogens is 312 g/mol. The molecule has 0 unspecified atom stereocenters.